The molecule has 2 aromatic carbocycles. The van der Waals surface area contributed by atoms with Crippen molar-refractivity contribution in [2.24, 2.45) is 10.9 Å². The van der Waals surface area contributed by atoms with Gasteiger partial charge in [-0.2, -0.15) is 0 Å². The number of hydrogen-bond donors (Lipinski definition) is 0. The summed E-state index contributed by atoms with van der Waals surface area (Å²) in [5.41, 5.74) is 3.20. The van der Waals surface area contributed by atoms with Crippen molar-refractivity contribution in [3.63, 3.8) is 0 Å². The summed E-state index contributed by atoms with van der Waals surface area (Å²) in [7, 11) is 1.70. The minimum Gasteiger partial charge on any atom is -0.496 e. The lowest BCUT2D eigenvalue weighted by Gasteiger charge is -2.12. The second-order valence-corrected chi connectivity index (χ2v) is 7.08. The van der Waals surface area contributed by atoms with Gasteiger partial charge in [-0.3, -0.25) is 0 Å². The monoisotopic (exact) mass is 341 g/mol. The van der Waals surface area contributed by atoms with Crippen molar-refractivity contribution in [1.82, 2.24) is 0 Å². The maximum atomic E-state index is 5.83. The molecule has 0 radical (unpaired) electrons. The summed E-state index contributed by atoms with van der Waals surface area (Å²) in [5, 5.41) is 0. The van der Waals surface area contributed by atoms with Crippen molar-refractivity contribution < 1.29 is 9.47 Å². The van der Waals surface area contributed by atoms with Crippen LogP contribution in [0.15, 0.2) is 52.4 Å². The molecule has 0 aromatic heterocycles. The third kappa shape index (κ3) is 3.44. The molecular formula is C20H23NO2S. The molecule has 3 rings (SSSR count). The summed E-state index contributed by atoms with van der Waals surface area (Å²) >= 11 is 1.73. The Bertz CT molecular complexity index is 755. The number of ether oxygens (including phenoxy) is 2. The van der Waals surface area contributed by atoms with Crippen molar-refractivity contribution in [2.45, 2.75) is 24.8 Å². The first-order valence-electron chi connectivity index (χ1n) is 8.16. The number of hydrogen-bond acceptors (Lipinski definition) is 4. The SMILES string of the molecule is COc1ccc(C2=N[C@@H](C(C)C)CO2)cc1-c1cccc(SC)c1. The molecule has 0 amide bonds. The van der Waals surface area contributed by atoms with Gasteiger partial charge in [0.1, 0.15) is 12.4 Å². The molecule has 4 heteroatoms. The van der Waals surface area contributed by atoms with Gasteiger partial charge in [0.05, 0.1) is 13.2 Å². The minimum absolute atomic E-state index is 0.241. The smallest absolute Gasteiger partial charge is 0.216 e. The highest BCUT2D eigenvalue weighted by Crippen LogP contribution is 2.33. The zero-order valence-corrected chi connectivity index (χ0v) is 15.4. The summed E-state index contributed by atoms with van der Waals surface area (Å²) in [6, 6.07) is 14.8. The normalized spacial score (nSPS) is 16.9. The molecule has 0 saturated heterocycles. The van der Waals surface area contributed by atoms with Crippen LogP contribution in [0.5, 0.6) is 5.75 Å². The minimum atomic E-state index is 0.241. The fraction of sp³-hybridized carbons (Fsp3) is 0.350. The Morgan fingerprint density at radius 2 is 2.00 bits per heavy atom. The van der Waals surface area contributed by atoms with Gasteiger partial charge in [0.2, 0.25) is 5.90 Å². The van der Waals surface area contributed by atoms with Crippen LogP contribution < -0.4 is 4.74 Å². The van der Waals surface area contributed by atoms with Crippen molar-refractivity contribution >= 4 is 17.7 Å². The van der Waals surface area contributed by atoms with E-state index in [-0.39, 0.29) is 6.04 Å². The van der Waals surface area contributed by atoms with Crippen LogP contribution in [0, 0.1) is 5.92 Å². The van der Waals surface area contributed by atoms with Gasteiger partial charge in [0.25, 0.3) is 0 Å². The van der Waals surface area contributed by atoms with Gasteiger partial charge in [-0.15, -0.1) is 11.8 Å². The van der Waals surface area contributed by atoms with Gasteiger partial charge in [-0.25, -0.2) is 4.99 Å². The number of thioether (sulfide) groups is 1. The molecule has 0 unspecified atom stereocenters. The van der Waals surface area contributed by atoms with E-state index in [1.54, 1.807) is 18.9 Å². The van der Waals surface area contributed by atoms with Crippen LogP contribution >= 0.6 is 11.8 Å². The Kier molecular flexibility index (Phi) is 5.14. The topological polar surface area (TPSA) is 30.8 Å². The number of benzene rings is 2. The average molecular weight is 341 g/mol. The zero-order valence-electron chi connectivity index (χ0n) is 14.6. The van der Waals surface area contributed by atoms with Crippen LogP contribution in [0.1, 0.15) is 19.4 Å². The molecule has 2 aromatic rings. The predicted molar refractivity (Wildman–Crippen MR) is 101 cm³/mol. The van der Waals surface area contributed by atoms with E-state index in [9.17, 15) is 0 Å². The highest BCUT2D eigenvalue weighted by atomic mass is 32.2. The zero-order chi connectivity index (χ0) is 17.1. The lowest BCUT2D eigenvalue weighted by molar-refractivity contribution is 0.292. The molecule has 0 spiro atoms. The second kappa shape index (κ2) is 7.31. The molecule has 0 bridgehead atoms. The maximum Gasteiger partial charge on any atom is 0.216 e. The Balaban J connectivity index is 2.01. The summed E-state index contributed by atoms with van der Waals surface area (Å²) in [6.07, 6.45) is 2.08. The molecule has 1 heterocycles. The first-order valence-corrected chi connectivity index (χ1v) is 9.38. The largest absolute Gasteiger partial charge is 0.496 e. The van der Waals surface area contributed by atoms with Crippen LogP contribution in [0.4, 0.5) is 0 Å². The van der Waals surface area contributed by atoms with E-state index in [2.05, 4.69) is 50.4 Å². The molecule has 0 fully saturated rings. The quantitative estimate of drug-likeness (QED) is 0.726. The predicted octanol–water partition coefficient (Wildman–Crippen LogP) is 4.89. The molecule has 1 aliphatic heterocycles. The van der Waals surface area contributed by atoms with Gasteiger partial charge in [-0.05, 0) is 48.1 Å². The highest BCUT2D eigenvalue weighted by Gasteiger charge is 2.23. The van der Waals surface area contributed by atoms with E-state index in [1.807, 2.05) is 12.1 Å². The molecule has 1 aliphatic rings. The average Bonchev–Trinajstić information content (AvgIpc) is 3.11. The lowest BCUT2D eigenvalue weighted by atomic mass is 10.0. The Hall–Kier alpha value is -1.94. The molecule has 126 valence electrons. The van der Waals surface area contributed by atoms with Crippen LogP contribution in [-0.2, 0) is 4.74 Å². The van der Waals surface area contributed by atoms with E-state index in [4.69, 9.17) is 14.5 Å². The third-order valence-electron chi connectivity index (χ3n) is 4.27. The fourth-order valence-electron chi connectivity index (χ4n) is 2.75. The first kappa shape index (κ1) is 16.9. The number of nitrogens with zero attached hydrogens (tertiary/aromatic N) is 1. The maximum absolute atomic E-state index is 5.83. The lowest BCUT2D eigenvalue weighted by Crippen LogP contribution is -2.13. The molecule has 3 nitrogen and oxygen atoms in total. The molecule has 0 N–H and O–H groups in total. The fourth-order valence-corrected chi connectivity index (χ4v) is 3.21. The van der Waals surface area contributed by atoms with Gasteiger partial charge < -0.3 is 9.47 Å². The Morgan fingerprint density at radius 3 is 2.67 bits per heavy atom. The Morgan fingerprint density at radius 1 is 1.17 bits per heavy atom. The van der Waals surface area contributed by atoms with Crippen molar-refractivity contribution in [3.8, 4) is 16.9 Å². The molecule has 0 aliphatic carbocycles. The Labute approximate surface area is 148 Å². The van der Waals surface area contributed by atoms with E-state index < -0.39 is 0 Å². The van der Waals surface area contributed by atoms with Crippen LogP contribution in [0.2, 0.25) is 0 Å². The van der Waals surface area contributed by atoms with Gasteiger partial charge >= 0.3 is 0 Å². The summed E-state index contributed by atoms with van der Waals surface area (Å²) in [4.78, 5) is 5.96. The molecule has 24 heavy (non-hydrogen) atoms. The number of methoxy groups -OCH3 is 1. The van der Waals surface area contributed by atoms with Crippen LogP contribution in [0.3, 0.4) is 0 Å². The number of aliphatic imine (C=N–C) groups is 1. The van der Waals surface area contributed by atoms with Crippen LogP contribution in [-0.4, -0.2) is 31.9 Å². The van der Waals surface area contributed by atoms with E-state index in [0.29, 0.717) is 12.5 Å². The third-order valence-corrected chi connectivity index (χ3v) is 5.00. The van der Waals surface area contributed by atoms with E-state index >= 15 is 0 Å². The summed E-state index contributed by atoms with van der Waals surface area (Å²) in [6.45, 7) is 5.01. The standard InChI is InChI=1S/C20H23NO2S/c1-13(2)18-12-23-20(21-18)15-8-9-19(22-3)17(11-15)14-6-5-7-16(10-14)24-4/h5-11,13,18H,12H2,1-4H3/t18-/m1/s1. The molecule has 1 atom stereocenters. The van der Waals surface area contributed by atoms with E-state index in [1.165, 1.54) is 4.90 Å². The molecular weight excluding hydrogens is 318 g/mol. The molecule has 0 saturated carbocycles. The van der Waals surface area contributed by atoms with Crippen molar-refractivity contribution in [1.29, 1.82) is 0 Å². The number of rotatable bonds is 5. The summed E-state index contributed by atoms with van der Waals surface area (Å²) < 4.78 is 11.4. The van der Waals surface area contributed by atoms with Gasteiger partial charge in [-0.1, -0.05) is 26.0 Å². The van der Waals surface area contributed by atoms with E-state index in [0.717, 1.165) is 28.3 Å². The summed E-state index contributed by atoms with van der Waals surface area (Å²) in [5.74, 6) is 2.08. The second-order valence-electron chi connectivity index (χ2n) is 6.20. The van der Waals surface area contributed by atoms with Gasteiger partial charge in [0, 0.05) is 16.0 Å². The highest BCUT2D eigenvalue weighted by molar-refractivity contribution is 7.98. The van der Waals surface area contributed by atoms with Crippen LogP contribution in [0.25, 0.3) is 11.1 Å². The first-order chi connectivity index (χ1) is 11.6. The van der Waals surface area contributed by atoms with Crippen molar-refractivity contribution in [3.05, 3.63) is 48.0 Å². The van der Waals surface area contributed by atoms with Gasteiger partial charge in [0.15, 0.2) is 0 Å². The van der Waals surface area contributed by atoms with Crippen molar-refractivity contribution in [2.75, 3.05) is 20.0 Å².